The van der Waals surface area contributed by atoms with Crippen molar-refractivity contribution in [2.45, 2.75) is 32.1 Å². The zero-order valence-electron chi connectivity index (χ0n) is 16.0. The first-order valence-electron chi connectivity index (χ1n) is 10.0. The zero-order valence-corrected chi connectivity index (χ0v) is 18.2. The van der Waals surface area contributed by atoms with E-state index in [2.05, 4.69) is 49.8 Å². The third-order valence-corrected chi connectivity index (χ3v) is 6.36. The van der Waals surface area contributed by atoms with Crippen molar-refractivity contribution in [3.63, 3.8) is 0 Å². The highest BCUT2D eigenvalue weighted by Gasteiger charge is 2.18. The SMILES string of the molecule is COc1cc2c(NCCN3CCCC3)nc(N3CCCCC3)nc2cc1I. The number of methoxy groups -OCH3 is 1. The van der Waals surface area contributed by atoms with Gasteiger partial charge in [0.05, 0.1) is 16.2 Å². The van der Waals surface area contributed by atoms with Gasteiger partial charge in [-0.15, -0.1) is 0 Å². The van der Waals surface area contributed by atoms with Crippen molar-refractivity contribution in [1.82, 2.24) is 14.9 Å². The summed E-state index contributed by atoms with van der Waals surface area (Å²) < 4.78 is 6.61. The fraction of sp³-hybridized carbons (Fsp3) is 0.600. The van der Waals surface area contributed by atoms with Crippen LogP contribution in [0.5, 0.6) is 5.75 Å². The van der Waals surface area contributed by atoms with E-state index in [1.165, 1.54) is 45.2 Å². The van der Waals surface area contributed by atoms with Gasteiger partial charge in [-0.25, -0.2) is 4.98 Å². The van der Waals surface area contributed by atoms with E-state index < -0.39 is 0 Å². The van der Waals surface area contributed by atoms with Crippen molar-refractivity contribution >= 4 is 45.3 Å². The molecule has 2 aliphatic heterocycles. The van der Waals surface area contributed by atoms with Crippen LogP contribution in [0.25, 0.3) is 10.9 Å². The monoisotopic (exact) mass is 481 g/mol. The summed E-state index contributed by atoms with van der Waals surface area (Å²) >= 11 is 2.31. The number of hydrogen-bond acceptors (Lipinski definition) is 6. The lowest BCUT2D eigenvalue weighted by molar-refractivity contribution is 0.352. The molecule has 2 aromatic rings. The second-order valence-corrected chi connectivity index (χ2v) is 8.56. The number of nitrogens with zero attached hydrogens (tertiary/aromatic N) is 4. The van der Waals surface area contributed by atoms with E-state index in [0.29, 0.717) is 0 Å². The highest BCUT2D eigenvalue weighted by atomic mass is 127. The summed E-state index contributed by atoms with van der Waals surface area (Å²) in [5.41, 5.74) is 0.986. The van der Waals surface area contributed by atoms with Crippen molar-refractivity contribution in [3.05, 3.63) is 15.7 Å². The van der Waals surface area contributed by atoms with E-state index in [1.54, 1.807) is 7.11 Å². The lowest BCUT2D eigenvalue weighted by Gasteiger charge is -2.27. The molecule has 4 rings (SSSR count). The smallest absolute Gasteiger partial charge is 0.227 e. The molecule has 3 heterocycles. The summed E-state index contributed by atoms with van der Waals surface area (Å²) in [5, 5.41) is 4.62. The van der Waals surface area contributed by atoms with Gasteiger partial charge in [-0.3, -0.25) is 0 Å². The molecule has 6 nitrogen and oxygen atoms in total. The highest BCUT2D eigenvalue weighted by Crippen LogP contribution is 2.31. The van der Waals surface area contributed by atoms with Crippen molar-refractivity contribution in [1.29, 1.82) is 0 Å². The predicted molar refractivity (Wildman–Crippen MR) is 119 cm³/mol. The summed E-state index contributed by atoms with van der Waals surface area (Å²) in [7, 11) is 1.72. The van der Waals surface area contributed by atoms with Gasteiger partial charge in [0.2, 0.25) is 5.95 Å². The number of rotatable bonds is 6. The van der Waals surface area contributed by atoms with Crippen LogP contribution in [0.15, 0.2) is 12.1 Å². The average molecular weight is 481 g/mol. The Morgan fingerprint density at radius 2 is 1.78 bits per heavy atom. The molecule has 27 heavy (non-hydrogen) atoms. The van der Waals surface area contributed by atoms with E-state index in [4.69, 9.17) is 14.7 Å². The minimum atomic E-state index is 0.854. The van der Waals surface area contributed by atoms with Gasteiger partial charge in [0.25, 0.3) is 0 Å². The van der Waals surface area contributed by atoms with E-state index in [9.17, 15) is 0 Å². The molecule has 1 N–H and O–H groups in total. The van der Waals surface area contributed by atoms with Gasteiger partial charge in [0, 0.05) is 31.6 Å². The Hall–Kier alpha value is -1.35. The van der Waals surface area contributed by atoms with Gasteiger partial charge in [-0.05, 0) is 79.9 Å². The second-order valence-electron chi connectivity index (χ2n) is 7.40. The summed E-state index contributed by atoms with van der Waals surface area (Å²) in [5.74, 6) is 2.65. The topological polar surface area (TPSA) is 53.5 Å². The van der Waals surface area contributed by atoms with Crippen LogP contribution >= 0.6 is 22.6 Å². The first kappa shape index (κ1) is 19.0. The fourth-order valence-corrected chi connectivity index (χ4v) is 4.65. The number of halogens is 1. The van der Waals surface area contributed by atoms with E-state index in [1.807, 2.05) is 0 Å². The molecule has 0 spiro atoms. The van der Waals surface area contributed by atoms with Gasteiger partial charge in [0.15, 0.2) is 0 Å². The van der Waals surface area contributed by atoms with Crippen LogP contribution < -0.4 is 15.0 Å². The lowest BCUT2D eigenvalue weighted by atomic mass is 10.1. The van der Waals surface area contributed by atoms with Crippen LogP contribution in [0.2, 0.25) is 0 Å². The zero-order chi connectivity index (χ0) is 18.6. The minimum absolute atomic E-state index is 0.854. The van der Waals surface area contributed by atoms with Crippen molar-refractivity contribution in [2.24, 2.45) is 0 Å². The Balaban J connectivity index is 1.63. The number of anilines is 2. The van der Waals surface area contributed by atoms with E-state index >= 15 is 0 Å². The Morgan fingerprint density at radius 3 is 2.52 bits per heavy atom. The molecule has 1 aromatic carbocycles. The van der Waals surface area contributed by atoms with E-state index in [-0.39, 0.29) is 0 Å². The van der Waals surface area contributed by atoms with E-state index in [0.717, 1.165) is 58.2 Å². The number of ether oxygens (including phenoxy) is 1. The first-order valence-corrected chi connectivity index (χ1v) is 11.1. The standard InChI is InChI=1S/C20H28IN5O/c1-27-18-13-15-17(14-16(18)21)23-20(26-10-3-2-4-11-26)24-19(15)22-7-12-25-8-5-6-9-25/h13-14H,2-12H2,1H3,(H,22,23,24). The quantitative estimate of drug-likeness (QED) is 0.635. The van der Waals surface area contributed by atoms with Gasteiger partial charge in [0.1, 0.15) is 11.6 Å². The van der Waals surface area contributed by atoms with Crippen LogP contribution in [0.3, 0.4) is 0 Å². The third kappa shape index (κ3) is 4.39. The summed E-state index contributed by atoms with van der Waals surface area (Å²) in [6, 6.07) is 4.17. The number of aromatic nitrogens is 2. The molecule has 0 bridgehead atoms. The molecular weight excluding hydrogens is 453 g/mol. The normalized spacial score (nSPS) is 18.2. The summed E-state index contributed by atoms with van der Waals surface area (Å²) in [4.78, 5) is 14.7. The molecule has 146 valence electrons. The summed E-state index contributed by atoms with van der Waals surface area (Å²) in [6.45, 7) is 6.50. The number of benzene rings is 1. The van der Waals surface area contributed by atoms with Gasteiger partial charge in [-0.1, -0.05) is 0 Å². The average Bonchev–Trinajstić information content (AvgIpc) is 3.21. The maximum absolute atomic E-state index is 5.53. The number of fused-ring (bicyclic) bond motifs is 1. The fourth-order valence-electron chi connectivity index (χ4n) is 3.98. The molecule has 0 aliphatic carbocycles. The van der Waals surface area contributed by atoms with Crippen LogP contribution in [0.1, 0.15) is 32.1 Å². The Bertz CT molecular complexity index is 788. The van der Waals surface area contributed by atoms with Crippen LogP contribution in [-0.2, 0) is 0 Å². The second kappa shape index (κ2) is 8.77. The number of hydrogen-bond donors (Lipinski definition) is 1. The summed E-state index contributed by atoms with van der Waals surface area (Å²) in [6.07, 6.45) is 6.40. The van der Waals surface area contributed by atoms with Crippen molar-refractivity contribution < 1.29 is 4.74 Å². The molecule has 0 unspecified atom stereocenters. The Labute approximate surface area is 174 Å². The number of piperidine rings is 1. The molecule has 1 aromatic heterocycles. The molecule has 7 heteroatoms. The maximum Gasteiger partial charge on any atom is 0.227 e. The first-order chi connectivity index (χ1) is 13.2. The molecular formula is C20H28IN5O. The number of nitrogens with one attached hydrogen (secondary N) is 1. The Morgan fingerprint density at radius 1 is 1.04 bits per heavy atom. The molecule has 0 saturated carbocycles. The molecule has 0 amide bonds. The minimum Gasteiger partial charge on any atom is -0.496 e. The lowest BCUT2D eigenvalue weighted by Crippen LogP contribution is -2.31. The molecule has 0 radical (unpaired) electrons. The van der Waals surface area contributed by atoms with Crippen molar-refractivity contribution in [2.75, 3.05) is 56.6 Å². The number of likely N-dealkylation sites (tertiary alicyclic amines) is 1. The molecule has 0 atom stereocenters. The van der Waals surface area contributed by atoms with Gasteiger partial charge < -0.3 is 19.9 Å². The van der Waals surface area contributed by atoms with Crippen molar-refractivity contribution in [3.8, 4) is 5.75 Å². The molecule has 2 saturated heterocycles. The van der Waals surface area contributed by atoms with Gasteiger partial charge in [-0.2, -0.15) is 4.98 Å². The predicted octanol–water partition coefficient (Wildman–Crippen LogP) is 3.74. The largest absolute Gasteiger partial charge is 0.496 e. The maximum atomic E-state index is 5.53. The third-order valence-electron chi connectivity index (χ3n) is 5.52. The Kier molecular flexibility index (Phi) is 6.17. The van der Waals surface area contributed by atoms with Crippen LogP contribution in [0.4, 0.5) is 11.8 Å². The molecule has 2 fully saturated rings. The highest BCUT2D eigenvalue weighted by molar-refractivity contribution is 14.1. The van der Waals surface area contributed by atoms with Gasteiger partial charge >= 0.3 is 0 Å². The van der Waals surface area contributed by atoms with Crippen LogP contribution in [-0.4, -0.2) is 61.2 Å². The van der Waals surface area contributed by atoms with Crippen LogP contribution in [0, 0.1) is 3.57 Å². The molecule has 2 aliphatic rings.